The second-order valence-electron chi connectivity index (χ2n) is 6.52. The number of hydrogen-bond donors (Lipinski definition) is 0. The number of nitrogens with zero attached hydrogens (tertiary/aromatic N) is 8. The summed E-state index contributed by atoms with van der Waals surface area (Å²) in [6, 6.07) is 3.45. The highest BCUT2D eigenvalue weighted by Gasteiger charge is 2.36. The fourth-order valence-corrected chi connectivity index (χ4v) is 3.57. The molecule has 1 unspecified atom stereocenters. The van der Waals surface area contributed by atoms with Crippen LogP contribution in [-0.2, 0) is 16.2 Å². The van der Waals surface area contributed by atoms with Gasteiger partial charge in [-0.1, -0.05) is 0 Å². The van der Waals surface area contributed by atoms with Gasteiger partial charge >= 0.3 is 0 Å². The van der Waals surface area contributed by atoms with Crippen molar-refractivity contribution >= 4 is 17.5 Å². The monoisotopic (exact) mass is 354 g/mol. The van der Waals surface area contributed by atoms with Crippen LogP contribution in [0.25, 0.3) is 5.78 Å². The minimum Gasteiger partial charge on any atom is -0.348 e. The van der Waals surface area contributed by atoms with E-state index in [1.165, 1.54) is 11.4 Å². The van der Waals surface area contributed by atoms with Gasteiger partial charge < -0.3 is 4.90 Å². The van der Waals surface area contributed by atoms with Crippen molar-refractivity contribution in [3.63, 3.8) is 0 Å². The molecule has 26 heavy (non-hydrogen) atoms. The number of fused-ring (bicyclic) bond motifs is 2. The number of aromatic nitrogens is 6. The fourth-order valence-electron chi connectivity index (χ4n) is 3.57. The third-order valence-electron chi connectivity index (χ3n) is 4.76. The van der Waals surface area contributed by atoms with E-state index in [0.29, 0.717) is 32.0 Å². The molecule has 1 atom stereocenters. The maximum atomic E-state index is 13.0. The van der Waals surface area contributed by atoms with E-state index in [1.807, 2.05) is 19.1 Å². The molecule has 1 saturated heterocycles. The predicted octanol–water partition coefficient (Wildman–Crippen LogP) is 0.354. The largest absolute Gasteiger partial charge is 0.348 e. The Morgan fingerprint density at radius 2 is 2.27 bits per heavy atom. The molecule has 1 fully saturated rings. The zero-order chi connectivity index (χ0) is 17.7. The van der Waals surface area contributed by atoms with Gasteiger partial charge in [-0.25, -0.2) is 10.0 Å². The van der Waals surface area contributed by atoms with Crippen LogP contribution in [0.2, 0.25) is 0 Å². The fraction of sp³-hybridized carbons (Fsp3) is 0.438. The summed E-state index contributed by atoms with van der Waals surface area (Å²) in [4.78, 5) is 29.1. The van der Waals surface area contributed by atoms with Gasteiger partial charge in [0.2, 0.25) is 0 Å². The summed E-state index contributed by atoms with van der Waals surface area (Å²) in [5, 5.41) is 10.1. The summed E-state index contributed by atoms with van der Waals surface area (Å²) in [5.41, 5.74) is 1.82. The molecule has 0 aromatic carbocycles. The smallest absolute Gasteiger partial charge is 0.272 e. The molecule has 0 N–H and O–H groups in total. The van der Waals surface area contributed by atoms with Crippen LogP contribution >= 0.6 is 0 Å². The van der Waals surface area contributed by atoms with Crippen molar-refractivity contribution in [1.29, 1.82) is 0 Å². The van der Waals surface area contributed by atoms with Crippen LogP contribution in [0.3, 0.4) is 0 Å². The molecule has 134 valence electrons. The highest BCUT2D eigenvalue weighted by atomic mass is 16.7. The minimum atomic E-state index is -0.445. The second-order valence-corrected chi connectivity index (χ2v) is 6.52. The second kappa shape index (κ2) is 5.77. The van der Waals surface area contributed by atoms with E-state index in [1.54, 1.807) is 15.4 Å². The molecule has 2 aliphatic heterocycles. The Balaban J connectivity index is 1.55. The molecule has 0 aliphatic carbocycles. The normalized spacial score (nSPS) is 20.0. The van der Waals surface area contributed by atoms with Crippen LogP contribution in [0.4, 0.5) is 5.82 Å². The van der Waals surface area contributed by atoms with Gasteiger partial charge in [0.15, 0.2) is 6.04 Å². The average molecular weight is 354 g/mol. The number of carbonyl (C=O) groups is 1. The van der Waals surface area contributed by atoms with E-state index in [2.05, 4.69) is 25.1 Å². The Kier molecular flexibility index (Phi) is 3.38. The number of anilines is 1. The summed E-state index contributed by atoms with van der Waals surface area (Å²) in [5.74, 6) is 1.33. The SMILES string of the molecule is Cc1cc(N2Cc3ccnn3C(C(=O)N3CCCO3)C2)n2ncnc2n1. The first-order valence-electron chi connectivity index (χ1n) is 8.60. The minimum absolute atomic E-state index is 0.0715. The number of hydroxylamine groups is 2. The standard InChI is InChI=1S/C16H18N8O2/c1-11-7-14(24-16(20-11)17-10-19-24)21-8-12-3-4-18-23(12)13(9-21)15(25)22-5-2-6-26-22/h3-4,7,10,13H,2,5-6,8-9H2,1H3. The van der Waals surface area contributed by atoms with Crippen molar-refractivity contribution in [2.45, 2.75) is 25.9 Å². The molecule has 1 amide bonds. The van der Waals surface area contributed by atoms with Gasteiger partial charge in [0, 0.05) is 18.0 Å². The van der Waals surface area contributed by atoms with Crippen molar-refractivity contribution in [3.8, 4) is 0 Å². The van der Waals surface area contributed by atoms with Gasteiger partial charge in [0.05, 0.1) is 31.9 Å². The van der Waals surface area contributed by atoms with Gasteiger partial charge in [-0.15, -0.1) is 0 Å². The summed E-state index contributed by atoms with van der Waals surface area (Å²) >= 11 is 0. The Hall–Kier alpha value is -3.01. The van der Waals surface area contributed by atoms with Gasteiger partial charge in [0.25, 0.3) is 11.7 Å². The van der Waals surface area contributed by atoms with E-state index >= 15 is 0 Å². The Labute approximate surface area is 148 Å². The van der Waals surface area contributed by atoms with Gasteiger partial charge in [0.1, 0.15) is 12.1 Å². The van der Waals surface area contributed by atoms with E-state index in [0.717, 1.165) is 23.6 Å². The van der Waals surface area contributed by atoms with Gasteiger partial charge in [-0.05, 0) is 19.4 Å². The molecular formula is C16H18N8O2. The quantitative estimate of drug-likeness (QED) is 0.656. The predicted molar refractivity (Wildman–Crippen MR) is 90.1 cm³/mol. The molecule has 0 saturated carbocycles. The highest BCUT2D eigenvalue weighted by Crippen LogP contribution is 2.28. The lowest BCUT2D eigenvalue weighted by atomic mass is 10.1. The van der Waals surface area contributed by atoms with E-state index in [9.17, 15) is 4.79 Å². The van der Waals surface area contributed by atoms with Crippen molar-refractivity contribution < 1.29 is 9.63 Å². The first kappa shape index (κ1) is 15.3. The summed E-state index contributed by atoms with van der Waals surface area (Å²) in [6.45, 7) is 4.23. The van der Waals surface area contributed by atoms with Crippen LogP contribution in [0.1, 0.15) is 23.9 Å². The summed E-state index contributed by atoms with van der Waals surface area (Å²) < 4.78 is 3.50. The third-order valence-corrected chi connectivity index (χ3v) is 4.76. The summed E-state index contributed by atoms with van der Waals surface area (Å²) in [6.07, 6.45) is 4.07. The Bertz CT molecular complexity index is 974. The molecule has 5 rings (SSSR count). The molecule has 3 aromatic rings. The lowest BCUT2D eigenvalue weighted by Gasteiger charge is -2.35. The number of carbonyl (C=O) groups excluding carboxylic acids is 1. The van der Waals surface area contributed by atoms with Crippen LogP contribution < -0.4 is 4.90 Å². The zero-order valence-corrected chi connectivity index (χ0v) is 14.3. The number of hydrogen-bond acceptors (Lipinski definition) is 7. The van der Waals surface area contributed by atoms with Gasteiger partial charge in [-0.3, -0.25) is 14.3 Å². The van der Waals surface area contributed by atoms with Crippen LogP contribution in [0.5, 0.6) is 0 Å². The molecule has 10 nitrogen and oxygen atoms in total. The van der Waals surface area contributed by atoms with Crippen molar-refractivity contribution in [3.05, 3.63) is 36.0 Å². The highest BCUT2D eigenvalue weighted by molar-refractivity contribution is 5.80. The Morgan fingerprint density at radius 1 is 1.35 bits per heavy atom. The molecule has 0 bridgehead atoms. The molecule has 2 aliphatic rings. The number of aryl methyl sites for hydroxylation is 1. The van der Waals surface area contributed by atoms with Gasteiger partial charge in [-0.2, -0.15) is 19.7 Å². The number of amides is 1. The Morgan fingerprint density at radius 3 is 3.12 bits per heavy atom. The lowest BCUT2D eigenvalue weighted by molar-refractivity contribution is -0.172. The molecule has 0 radical (unpaired) electrons. The molecule has 10 heteroatoms. The van der Waals surface area contributed by atoms with E-state index < -0.39 is 6.04 Å². The third kappa shape index (κ3) is 2.33. The molecule has 5 heterocycles. The van der Waals surface area contributed by atoms with E-state index in [-0.39, 0.29) is 5.91 Å². The first-order valence-corrected chi connectivity index (χ1v) is 8.60. The zero-order valence-electron chi connectivity index (χ0n) is 14.3. The maximum absolute atomic E-state index is 13.0. The topological polar surface area (TPSA) is 93.7 Å². The lowest BCUT2D eigenvalue weighted by Crippen LogP contribution is -2.46. The number of rotatable bonds is 2. The van der Waals surface area contributed by atoms with E-state index in [4.69, 9.17) is 4.84 Å². The molecule has 3 aromatic heterocycles. The van der Waals surface area contributed by atoms with Crippen LogP contribution in [0, 0.1) is 6.92 Å². The first-order chi connectivity index (χ1) is 12.7. The van der Waals surface area contributed by atoms with Crippen molar-refractivity contribution in [2.75, 3.05) is 24.6 Å². The molecular weight excluding hydrogens is 336 g/mol. The van der Waals surface area contributed by atoms with Crippen LogP contribution in [-0.4, -0.2) is 60.0 Å². The summed E-state index contributed by atoms with van der Waals surface area (Å²) in [7, 11) is 0. The molecule has 0 spiro atoms. The van der Waals surface area contributed by atoms with Crippen LogP contribution in [0.15, 0.2) is 24.7 Å². The van der Waals surface area contributed by atoms with Crippen molar-refractivity contribution in [2.24, 2.45) is 0 Å². The maximum Gasteiger partial charge on any atom is 0.272 e. The van der Waals surface area contributed by atoms with Crippen molar-refractivity contribution in [1.82, 2.24) is 34.4 Å². The average Bonchev–Trinajstić information content (AvgIpc) is 3.39.